The van der Waals surface area contributed by atoms with Crippen LogP contribution in [0.15, 0.2) is 0 Å². The molecule has 1 saturated carbocycles. The zero-order valence-electron chi connectivity index (χ0n) is 12.4. The highest BCUT2D eigenvalue weighted by Gasteiger charge is 2.37. The lowest BCUT2D eigenvalue weighted by Crippen LogP contribution is -2.53. The monoisotopic (exact) mass is 254 g/mol. The topological polar surface area (TPSA) is 38.5 Å². The van der Waals surface area contributed by atoms with Crippen LogP contribution in [0.2, 0.25) is 0 Å². The van der Waals surface area contributed by atoms with Gasteiger partial charge in [-0.25, -0.2) is 0 Å². The van der Waals surface area contributed by atoms with E-state index in [-0.39, 0.29) is 5.60 Å². The molecule has 1 aliphatic heterocycles. The summed E-state index contributed by atoms with van der Waals surface area (Å²) in [7, 11) is 0. The minimum absolute atomic E-state index is 0.00826. The maximum Gasteiger partial charge on any atom is 0.0753 e. The molecule has 0 spiro atoms. The van der Waals surface area contributed by atoms with Gasteiger partial charge in [-0.1, -0.05) is 19.8 Å². The molecule has 1 heterocycles. The van der Waals surface area contributed by atoms with Gasteiger partial charge in [0.25, 0.3) is 0 Å². The summed E-state index contributed by atoms with van der Waals surface area (Å²) in [6, 6.07) is 0. The number of nitrogens with zero attached hydrogens (tertiary/aromatic N) is 1. The minimum atomic E-state index is 0.00826. The average molecular weight is 254 g/mol. The van der Waals surface area contributed by atoms with Crippen molar-refractivity contribution < 1.29 is 4.74 Å². The second kappa shape index (κ2) is 5.48. The lowest BCUT2D eigenvalue weighted by molar-refractivity contribution is -0.0969. The number of hydrogen-bond donors (Lipinski definition) is 1. The van der Waals surface area contributed by atoms with Crippen LogP contribution in [-0.2, 0) is 4.74 Å². The van der Waals surface area contributed by atoms with E-state index in [2.05, 4.69) is 25.7 Å². The lowest BCUT2D eigenvalue weighted by atomic mass is 9.69. The molecule has 2 atom stereocenters. The van der Waals surface area contributed by atoms with Gasteiger partial charge in [-0.05, 0) is 44.6 Å². The zero-order chi connectivity index (χ0) is 13.2. The molecule has 2 aliphatic rings. The molecule has 1 aliphatic carbocycles. The largest absolute Gasteiger partial charge is 0.373 e. The molecule has 0 radical (unpaired) electrons. The van der Waals surface area contributed by atoms with E-state index in [1.54, 1.807) is 0 Å². The van der Waals surface area contributed by atoms with Gasteiger partial charge in [0.15, 0.2) is 0 Å². The van der Waals surface area contributed by atoms with Gasteiger partial charge in [-0.15, -0.1) is 0 Å². The van der Waals surface area contributed by atoms with Crippen molar-refractivity contribution in [3.63, 3.8) is 0 Å². The predicted octanol–water partition coefficient (Wildman–Crippen LogP) is 2.25. The summed E-state index contributed by atoms with van der Waals surface area (Å²) in [6.07, 6.45) is 5.36. The van der Waals surface area contributed by atoms with E-state index in [4.69, 9.17) is 10.5 Å². The molecular formula is C15H30N2O. The van der Waals surface area contributed by atoms with Crippen LogP contribution in [0.4, 0.5) is 0 Å². The van der Waals surface area contributed by atoms with Crippen LogP contribution in [0.5, 0.6) is 0 Å². The van der Waals surface area contributed by atoms with Gasteiger partial charge in [0.1, 0.15) is 0 Å². The minimum Gasteiger partial charge on any atom is -0.373 e. The van der Waals surface area contributed by atoms with Crippen LogP contribution in [0.3, 0.4) is 0 Å². The molecule has 3 heteroatoms. The Morgan fingerprint density at radius 1 is 1.39 bits per heavy atom. The number of hydrogen-bond acceptors (Lipinski definition) is 3. The van der Waals surface area contributed by atoms with Crippen molar-refractivity contribution in [2.24, 2.45) is 17.1 Å². The zero-order valence-corrected chi connectivity index (χ0v) is 12.4. The van der Waals surface area contributed by atoms with Crippen LogP contribution in [0.25, 0.3) is 0 Å². The van der Waals surface area contributed by atoms with E-state index in [0.29, 0.717) is 5.41 Å². The normalized spacial score (nSPS) is 37.7. The summed E-state index contributed by atoms with van der Waals surface area (Å²) in [5.41, 5.74) is 6.50. The predicted molar refractivity (Wildman–Crippen MR) is 75.6 cm³/mol. The number of rotatable bonds is 3. The SMILES string of the molecule is CC1CCCC(CN)(CN2CCOC(C)(C)C2)C1. The Balaban J connectivity index is 1.97. The van der Waals surface area contributed by atoms with Crippen molar-refractivity contribution in [2.75, 3.05) is 32.8 Å². The van der Waals surface area contributed by atoms with E-state index in [1.165, 1.54) is 32.2 Å². The summed E-state index contributed by atoms with van der Waals surface area (Å²) in [5.74, 6) is 0.844. The maximum absolute atomic E-state index is 6.13. The van der Waals surface area contributed by atoms with Crippen molar-refractivity contribution in [1.29, 1.82) is 0 Å². The third kappa shape index (κ3) is 3.46. The van der Waals surface area contributed by atoms with Crippen molar-refractivity contribution in [2.45, 2.75) is 52.1 Å². The molecule has 18 heavy (non-hydrogen) atoms. The van der Waals surface area contributed by atoms with Crippen molar-refractivity contribution in [3.8, 4) is 0 Å². The highest BCUT2D eigenvalue weighted by atomic mass is 16.5. The molecule has 0 amide bonds. The van der Waals surface area contributed by atoms with Crippen molar-refractivity contribution in [3.05, 3.63) is 0 Å². The Bertz CT molecular complexity index is 280. The molecule has 106 valence electrons. The van der Waals surface area contributed by atoms with Gasteiger partial charge in [-0.2, -0.15) is 0 Å². The molecular weight excluding hydrogens is 224 g/mol. The quantitative estimate of drug-likeness (QED) is 0.839. The molecule has 1 saturated heterocycles. The molecule has 0 aromatic heterocycles. The summed E-state index contributed by atoms with van der Waals surface area (Å²) >= 11 is 0. The lowest BCUT2D eigenvalue weighted by Gasteiger charge is -2.46. The Kier molecular flexibility index (Phi) is 4.35. The average Bonchev–Trinajstić information content (AvgIpc) is 2.27. The second-order valence-corrected chi connectivity index (χ2v) is 7.22. The number of nitrogens with two attached hydrogens (primary N) is 1. The van der Waals surface area contributed by atoms with E-state index >= 15 is 0 Å². The van der Waals surface area contributed by atoms with Crippen LogP contribution in [0, 0.1) is 11.3 Å². The number of morpholine rings is 1. The second-order valence-electron chi connectivity index (χ2n) is 7.22. The van der Waals surface area contributed by atoms with Crippen LogP contribution >= 0.6 is 0 Å². The fraction of sp³-hybridized carbons (Fsp3) is 1.00. The van der Waals surface area contributed by atoms with Gasteiger partial charge in [-0.3, -0.25) is 4.90 Å². The first-order valence-electron chi connectivity index (χ1n) is 7.51. The third-order valence-corrected chi connectivity index (χ3v) is 4.68. The highest BCUT2D eigenvalue weighted by molar-refractivity contribution is 4.91. The molecule has 0 aromatic carbocycles. The Morgan fingerprint density at radius 3 is 2.78 bits per heavy atom. The Hall–Kier alpha value is -0.120. The van der Waals surface area contributed by atoms with E-state index in [9.17, 15) is 0 Å². The fourth-order valence-electron chi connectivity index (χ4n) is 3.89. The van der Waals surface area contributed by atoms with E-state index in [1.807, 2.05) is 0 Å². The van der Waals surface area contributed by atoms with Gasteiger partial charge in [0.05, 0.1) is 12.2 Å². The van der Waals surface area contributed by atoms with Gasteiger partial charge < -0.3 is 10.5 Å². The summed E-state index contributed by atoms with van der Waals surface area (Å²) in [6.45, 7) is 11.8. The van der Waals surface area contributed by atoms with E-state index in [0.717, 1.165) is 32.2 Å². The maximum atomic E-state index is 6.13. The first-order valence-corrected chi connectivity index (χ1v) is 7.51. The molecule has 0 bridgehead atoms. The Labute approximate surface area is 112 Å². The molecule has 0 aromatic rings. The standard InChI is InChI=1S/C15H30N2O/c1-13-5-4-6-15(9-13,10-16)12-17-7-8-18-14(2,3)11-17/h13H,4-12,16H2,1-3H3. The highest BCUT2D eigenvalue weighted by Crippen LogP contribution is 2.39. The molecule has 2 fully saturated rings. The van der Waals surface area contributed by atoms with Crippen LogP contribution < -0.4 is 5.73 Å². The molecule has 2 rings (SSSR count). The smallest absolute Gasteiger partial charge is 0.0753 e. The van der Waals surface area contributed by atoms with E-state index < -0.39 is 0 Å². The van der Waals surface area contributed by atoms with Crippen molar-refractivity contribution >= 4 is 0 Å². The third-order valence-electron chi connectivity index (χ3n) is 4.68. The molecule has 2 N–H and O–H groups in total. The number of ether oxygens (including phenoxy) is 1. The first-order chi connectivity index (χ1) is 8.45. The summed E-state index contributed by atoms with van der Waals surface area (Å²) < 4.78 is 5.80. The molecule has 2 unspecified atom stereocenters. The molecule has 3 nitrogen and oxygen atoms in total. The van der Waals surface area contributed by atoms with Crippen LogP contribution in [-0.4, -0.2) is 43.3 Å². The summed E-state index contributed by atoms with van der Waals surface area (Å²) in [4.78, 5) is 2.58. The van der Waals surface area contributed by atoms with Gasteiger partial charge in [0, 0.05) is 19.6 Å². The fourth-order valence-corrected chi connectivity index (χ4v) is 3.89. The van der Waals surface area contributed by atoms with Gasteiger partial charge in [0.2, 0.25) is 0 Å². The van der Waals surface area contributed by atoms with Crippen molar-refractivity contribution in [1.82, 2.24) is 4.90 Å². The van der Waals surface area contributed by atoms with Gasteiger partial charge >= 0.3 is 0 Å². The Morgan fingerprint density at radius 2 is 2.17 bits per heavy atom. The first kappa shape index (κ1) is 14.3. The van der Waals surface area contributed by atoms with Crippen LogP contribution in [0.1, 0.15) is 46.5 Å². The summed E-state index contributed by atoms with van der Waals surface area (Å²) in [5, 5.41) is 0.